The Morgan fingerprint density at radius 1 is 0.533 bits per heavy atom. The zero-order valence-corrected chi connectivity index (χ0v) is 35.4. The fraction of sp³-hybridized carbons (Fsp3) is 0.0926. The predicted octanol–water partition coefficient (Wildman–Crippen LogP) is 14.1. The maximum atomic E-state index is 6.80. The van der Waals surface area contributed by atoms with Crippen molar-refractivity contribution in [1.82, 2.24) is 9.55 Å². The summed E-state index contributed by atoms with van der Waals surface area (Å²) in [6.45, 7) is 7.52. The molecular formula is C54H42N4OSe. The predicted molar refractivity (Wildman–Crippen MR) is 251 cm³/mol. The van der Waals surface area contributed by atoms with Crippen molar-refractivity contribution in [3.05, 3.63) is 192 Å². The van der Waals surface area contributed by atoms with Crippen molar-refractivity contribution < 1.29 is 4.74 Å². The molecule has 5 nitrogen and oxygen atoms in total. The number of fused-ring (bicyclic) bond motifs is 5. The van der Waals surface area contributed by atoms with Crippen LogP contribution in [0.25, 0.3) is 59.7 Å². The first kappa shape index (κ1) is 36.2. The summed E-state index contributed by atoms with van der Waals surface area (Å²) in [5.41, 5.74) is 12.8. The first-order chi connectivity index (χ1) is 29.4. The first-order valence-electron chi connectivity index (χ1n) is 20.5. The molecule has 290 valence electrons. The number of para-hydroxylation sites is 4. The van der Waals surface area contributed by atoms with E-state index >= 15 is 0 Å². The third-order valence-corrected chi connectivity index (χ3v) is 13.4. The van der Waals surface area contributed by atoms with Crippen LogP contribution in [0, 0.1) is 0 Å². The van der Waals surface area contributed by atoms with Crippen LogP contribution < -0.4 is 14.5 Å². The van der Waals surface area contributed by atoms with Crippen molar-refractivity contribution in [2.75, 3.05) is 16.5 Å². The molecule has 0 atom stereocenters. The van der Waals surface area contributed by atoms with Crippen LogP contribution in [0.3, 0.4) is 0 Å². The van der Waals surface area contributed by atoms with Crippen LogP contribution >= 0.6 is 0 Å². The number of anilines is 4. The number of nitrogens with zero attached hydrogens (tertiary/aromatic N) is 4. The summed E-state index contributed by atoms with van der Waals surface area (Å²) in [5, 5.41) is 3.66. The standard InChI is InChI=1S/C54H42N4OSe/c1-54(2,3)46-34-51(55-53-45(46)30-31-60-53)58-47-25-11-10-22-43(47)44-29-28-40(33-50(44)58)59-39-21-14-20-38(32-39)56-35-57(49-27-13-12-26-48(49)56)52-41(36-16-6-4-7-17-36)23-15-24-42(52)37-18-8-5-9-19-37/h4-34H,35H2,1-3H3. The van der Waals surface area contributed by atoms with Crippen molar-refractivity contribution in [2.45, 2.75) is 26.2 Å². The van der Waals surface area contributed by atoms with E-state index < -0.39 is 0 Å². The van der Waals surface area contributed by atoms with Crippen LogP contribution in [-0.2, 0) is 5.41 Å². The van der Waals surface area contributed by atoms with Gasteiger partial charge in [-0.25, -0.2) is 0 Å². The van der Waals surface area contributed by atoms with Crippen LogP contribution in [0.5, 0.6) is 11.5 Å². The van der Waals surface area contributed by atoms with Crippen LogP contribution in [-0.4, -0.2) is 30.7 Å². The summed E-state index contributed by atoms with van der Waals surface area (Å²) in [5.74, 6) is 2.51. The molecule has 11 rings (SSSR count). The summed E-state index contributed by atoms with van der Waals surface area (Å²) in [7, 11) is 0. The molecule has 1 aliphatic rings. The van der Waals surface area contributed by atoms with Crippen molar-refractivity contribution in [1.29, 1.82) is 0 Å². The Morgan fingerprint density at radius 2 is 1.17 bits per heavy atom. The molecule has 0 radical (unpaired) electrons. The van der Waals surface area contributed by atoms with Gasteiger partial charge in [0.15, 0.2) is 0 Å². The summed E-state index contributed by atoms with van der Waals surface area (Å²) >= 11 is 0.214. The van der Waals surface area contributed by atoms with Crippen LogP contribution in [0.15, 0.2) is 187 Å². The van der Waals surface area contributed by atoms with Gasteiger partial charge in [0.2, 0.25) is 0 Å². The number of benzene rings is 7. The summed E-state index contributed by atoms with van der Waals surface area (Å²) in [4.78, 5) is 12.5. The normalized spacial score (nSPS) is 12.8. The zero-order chi connectivity index (χ0) is 40.4. The molecule has 0 fully saturated rings. The van der Waals surface area contributed by atoms with Gasteiger partial charge >= 0.3 is 204 Å². The molecule has 0 saturated heterocycles. The minimum atomic E-state index is -0.0209. The van der Waals surface area contributed by atoms with Gasteiger partial charge in [0.25, 0.3) is 0 Å². The van der Waals surface area contributed by atoms with E-state index in [9.17, 15) is 0 Å². The first-order valence-corrected chi connectivity index (χ1v) is 22.3. The molecule has 10 aromatic rings. The third kappa shape index (κ3) is 6.19. The molecule has 0 aliphatic carbocycles. The van der Waals surface area contributed by atoms with Crippen molar-refractivity contribution in [3.63, 3.8) is 0 Å². The van der Waals surface area contributed by atoms with Gasteiger partial charge in [-0.3, -0.25) is 0 Å². The maximum absolute atomic E-state index is 6.80. The van der Waals surface area contributed by atoms with Crippen molar-refractivity contribution in [3.8, 4) is 39.6 Å². The molecule has 3 aromatic heterocycles. The van der Waals surface area contributed by atoms with Crippen LogP contribution in [0.1, 0.15) is 26.3 Å². The average molecular weight is 842 g/mol. The van der Waals surface area contributed by atoms with E-state index in [1.54, 1.807) is 0 Å². The Bertz CT molecular complexity index is 3160. The van der Waals surface area contributed by atoms with E-state index in [1.165, 1.54) is 54.1 Å². The van der Waals surface area contributed by atoms with E-state index in [0.29, 0.717) is 6.67 Å². The molecule has 0 saturated carbocycles. The molecule has 4 heterocycles. The molecule has 0 unspecified atom stereocenters. The van der Waals surface area contributed by atoms with Gasteiger partial charge in [-0.15, -0.1) is 0 Å². The number of hydrogen-bond donors (Lipinski definition) is 0. The Kier molecular flexibility index (Phi) is 8.73. The van der Waals surface area contributed by atoms with E-state index in [1.807, 2.05) is 6.07 Å². The molecule has 7 aromatic carbocycles. The SMILES string of the molecule is CC(C)(C)c1cc(-n2c3ccccc3c3ccc(Oc4cccc(N5CN(c6c(-c7ccccc7)cccc6-c6ccccc6)c6ccccc65)c4)cc32)nc2[se]ccc12. The Hall–Kier alpha value is -6.85. The molecule has 60 heavy (non-hydrogen) atoms. The van der Waals surface area contributed by atoms with Gasteiger partial charge in [-0.1, -0.05) is 91.0 Å². The van der Waals surface area contributed by atoms with E-state index in [0.717, 1.165) is 45.4 Å². The van der Waals surface area contributed by atoms with Gasteiger partial charge < -0.3 is 4.90 Å². The molecule has 0 spiro atoms. The van der Waals surface area contributed by atoms with Gasteiger partial charge in [0, 0.05) is 11.1 Å². The fourth-order valence-corrected chi connectivity index (χ4v) is 10.6. The molecule has 0 amide bonds. The summed E-state index contributed by atoms with van der Waals surface area (Å²) in [6.07, 6.45) is 0. The van der Waals surface area contributed by atoms with Gasteiger partial charge in [0.1, 0.15) is 6.67 Å². The second-order valence-corrected chi connectivity index (χ2v) is 18.3. The number of hydrogen-bond acceptors (Lipinski definition) is 4. The summed E-state index contributed by atoms with van der Waals surface area (Å²) < 4.78 is 10.3. The molecular weight excluding hydrogens is 800 g/mol. The quantitative estimate of drug-likeness (QED) is 0.150. The zero-order valence-electron chi connectivity index (χ0n) is 33.7. The molecule has 1 aliphatic heterocycles. The molecule has 0 N–H and O–H groups in total. The Labute approximate surface area is 356 Å². The minimum absolute atomic E-state index is 0.0209. The van der Waals surface area contributed by atoms with Crippen molar-refractivity contribution >= 4 is 68.8 Å². The van der Waals surface area contributed by atoms with Gasteiger partial charge in [-0.2, -0.15) is 0 Å². The fourth-order valence-electron chi connectivity index (χ4n) is 8.94. The molecule has 0 bridgehead atoms. The van der Waals surface area contributed by atoms with Gasteiger partial charge in [-0.05, 0) is 23.3 Å². The average Bonchev–Trinajstić information content (AvgIpc) is 4.00. The van der Waals surface area contributed by atoms with Crippen LogP contribution in [0.4, 0.5) is 22.7 Å². The second-order valence-electron chi connectivity index (χ2n) is 16.5. The van der Waals surface area contributed by atoms with E-state index in [-0.39, 0.29) is 19.9 Å². The summed E-state index contributed by atoms with van der Waals surface area (Å²) in [6, 6.07) is 65.0. The van der Waals surface area contributed by atoms with Crippen molar-refractivity contribution in [2.24, 2.45) is 0 Å². The number of ether oxygens (including phenoxy) is 1. The number of rotatable bonds is 7. The van der Waals surface area contributed by atoms with Gasteiger partial charge in [0.05, 0.1) is 17.1 Å². The van der Waals surface area contributed by atoms with Crippen LogP contribution in [0.2, 0.25) is 0 Å². The van der Waals surface area contributed by atoms with E-state index in [2.05, 4.69) is 216 Å². The third-order valence-electron chi connectivity index (χ3n) is 11.7. The molecule has 6 heteroatoms. The van der Waals surface area contributed by atoms with E-state index in [4.69, 9.17) is 9.72 Å². The Balaban J connectivity index is 0.984. The topological polar surface area (TPSA) is 33.5 Å². The Morgan fingerprint density at radius 3 is 1.90 bits per heavy atom. The number of aromatic nitrogens is 2. The second kappa shape index (κ2) is 14.5. The number of pyridine rings is 1. The monoisotopic (exact) mass is 842 g/mol.